The molecule has 2 atom stereocenters. The van der Waals surface area contributed by atoms with E-state index in [2.05, 4.69) is 27.7 Å². The van der Waals surface area contributed by atoms with Crippen LogP contribution in [0, 0.1) is 0 Å². The lowest BCUT2D eigenvalue weighted by Crippen LogP contribution is -2.53. The van der Waals surface area contributed by atoms with Crippen molar-refractivity contribution in [1.29, 1.82) is 0 Å². The number of amides is 1. The second kappa shape index (κ2) is 8.29. The fraction of sp³-hybridized carbons (Fsp3) is 0.500. The molecule has 0 saturated carbocycles. The number of piperazine rings is 1. The maximum Gasteiger partial charge on any atom is 0.243 e. The first-order valence-electron chi connectivity index (χ1n) is 8.79. The summed E-state index contributed by atoms with van der Waals surface area (Å²) in [5, 5.41) is 10.5. The lowest BCUT2D eigenvalue weighted by molar-refractivity contribution is -0.131. The fourth-order valence-electron chi connectivity index (χ4n) is 2.89. The molecule has 1 aliphatic heterocycles. The molecule has 2 heterocycles. The van der Waals surface area contributed by atoms with E-state index in [1.54, 1.807) is 7.11 Å². The van der Waals surface area contributed by atoms with Crippen LogP contribution in [-0.2, 0) is 4.79 Å². The van der Waals surface area contributed by atoms with Gasteiger partial charge in [0.05, 0.1) is 19.7 Å². The molecule has 3 rings (SSSR count). The number of hydrogen-bond donors (Lipinski definition) is 2. The Morgan fingerprint density at radius 1 is 1.54 bits per heavy atom. The molecule has 2 N–H and O–H groups in total. The maximum absolute atomic E-state index is 12.3. The highest BCUT2D eigenvalue weighted by atomic mass is 16.5. The monoisotopic (exact) mass is 359 g/mol. The molecule has 1 aromatic carbocycles. The fourth-order valence-corrected chi connectivity index (χ4v) is 2.89. The topological polar surface area (TPSA) is 92.5 Å². The summed E-state index contributed by atoms with van der Waals surface area (Å²) in [7, 11) is 1.61. The molecule has 0 aliphatic carbocycles. The summed E-state index contributed by atoms with van der Waals surface area (Å²) in [5.41, 5.74) is 0.817. The highest BCUT2D eigenvalue weighted by Gasteiger charge is 2.22. The minimum atomic E-state index is -0.217. The summed E-state index contributed by atoms with van der Waals surface area (Å²) in [4.78, 5) is 18.6. The number of carbonyl (C=O) groups excluding carboxylic acids is 1. The van der Waals surface area contributed by atoms with Crippen LogP contribution in [-0.4, -0.2) is 60.3 Å². The largest absolute Gasteiger partial charge is 0.497 e. The SMILES string of the molecule is COc1cccc(-c2noc(C(C)NCC(=O)N3CCNC(C)C3)n2)c1. The molecule has 0 spiro atoms. The standard InChI is InChI=1S/C18H25N5O3/c1-12-11-23(8-7-19-12)16(24)10-20-13(2)18-21-17(22-26-18)14-5-4-6-15(9-14)25-3/h4-6,9,12-13,19-20H,7-8,10-11H2,1-3H3. The Labute approximate surface area is 152 Å². The molecule has 8 nitrogen and oxygen atoms in total. The quantitative estimate of drug-likeness (QED) is 0.801. The molecule has 1 aliphatic rings. The first-order valence-corrected chi connectivity index (χ1v) is 8.79. The van der Waals surface area contributed by atoms with Gasteiger partial charge in [0.1, 0.15) is 5.75 Å². The van der Waals surface area contributed by atoms with E-state index in [-0.39, 0.29) is 18.5 Å². The van der Waals surface area contributed by atoms with Crippen LogP contribution in [0.1, 0.15) is 25.8 Å². The van der Waals surface area contributed by atoms with Crippen LogP contribution in [0.5, 0.6) is 5.75 Å². The highest BCUT2D eigenvalue weighted by Crippen LogP contribution is 2.22. The Hall–Kier alpha value is -2.45. The first kappa shape index (κ1) is 18.3. The lowest BCUT2D eigenvalue weighted by atomic mass is 10.2. The second-order valence-electron chi connectivity index (χ2n) is 6.49. The molecular weight excluding hydrogens is 334 g/mol. The normalized spacial score (nSPS) is 18.6. The van der Waals surface area contributed by atoms with Crippen molar-refractivity contribution in [2.75, 3.05) is 33.3 Å². The predicted octanol–water partition coefficient (Wildman–Crippen LogP) is 1.22. The van der Waals surface area contributed by atoms with Gasteiger partial charge in [-0.3, -0.25) is 10.1 Å². The van der Waals surface area contributed by atoms with Gasteiger partial charge in [0.25, 0.3) is 0 Å². The van der Waals surface area contributed by atoms with Gasteiger partial charge in [-0.05, 0) is 26.0 Å². The van der Waals surface area contributed by atoms with E-state index in [1.165, 1.54) is 0 Å². The molecule has 0 radical (unpaired) electrons. The van der Waals surface area contributed by atoms with Gasteiger partial charge in [-0.2, -0.15) is 4.98 Å². The average Bonchev–Trinajstić information content (AvgIpc) is 3.16. The summed E-state index contributed by atoms with van der Waals surface area (Å²) in [5.74, 6) is 1.76. The van der Waals surface area contributed by atoms with Crippen LogP contribution in [0.25, 0.3) is 11.4 Å². The Balaban J connectivity index is 1.57. The number of hydrogen-bond acceptors (Lipinski definition) is 7. The van der Waals surface area contributed by atoms with Crippen molar-refractivity contribution in [3.05, 3.63) is 30.2 Å². The minimum Gasteiger partial charge on any atom is -0.497 e. The summed E-state index contributed by atoms with van der Waals surface area (Å²) in [6, 6.07) is 7.58. The summed E-state index contributed by atoms with van der Waals surface area (Å²) in [6.07, 6.45) is 0. The number of nitrogens with one attached hydrogen (secondary N) is 2. The van der Waals surface area contributed by atoms with Crippen molar-refractivity contribution in [2.24, 2.45) is 0 Å². The zero-order valence-corrected chi connectivity index (χ0v) is 15.4. The highest BCUT2D eigenvalue weighted by molar-refractivity contribution is 5.78. The van der Waals surface area contributed by atoms with Crippen molar-refractivity contribution in [3.8, 4) is 17.1 Å². The van der Waals surface area contributed by atoms with Crippen LogP contribution in [0.3, 0.4) is 0 Å². The van der Waals surface area contributed by atoms with E-state index in [4.69, 9.17) is 9.26 Å². The summed E-state index contributed by atoms with van der Waals surface area (Å²) in [6.45, 7) is 6.51. The Bertz CT molecular complexity index is 748. The molecular formula is C18H25N5O3. The van der Waals surface area contributed by atoms with E-state index in [0.29, 0.717) is 17.8 Å². The van der Waals surface area contributed by atoms with E-state index < -0.39 is 0 Å². The van der Waals surface area contributed by atoms with Gasteiger partial charge in [0.2, 0.25) is 17.6 Å². The van der Waals surface area contributed by atoms with E-state index in [1.807, 2.05) is 36.1 Å². The number of carbonyl (C=O) groups is 1. The molecule has 26 heavy (non-hydrogen) atoms. The number of ether oxygens (including phenoxy) is 1. The average molecular weight is 359 g/mol. The number of rotatable bonds is 6. The van der Waals surface area contributed by atoms with Crippen LogP contribution in [0.15, 0.2) is 28.8 Å². The van der Waals surface area contributed by atoms with Crippen molar-refractivity contribution < 1.29 is 14.1 Å². The Morgan fingerprint density at radius 2 is 2.38 bits per heavy atom. The Morgan fingerprint density at radius 3 is 3.15 bits per heavy atom. The van der Waals surface area contributed by atoms with E-state index in [0.717, 1.165) is 30.9 Å². The van der Waals surface area contributed by atoms with Gasteiger partial charge in [0, 0.05) is 31.2 Å². The van der Waals surface area contributed by atoms with Gasteiger partial charge >= 0.3 is 0 Å². The van der Waals surface area contributed by atoms with Crippen molar-refractivity contribution >= 4 is 5.91 Å². The van der Waals surface area contributed by atoms with Gasteiger partial charge in [0.15, 0.2) is 0 Å². The zero-order chi connectivity index (χ0) is 18.5. The summed E-state index contributed by atoms with van der Waals surface area (Å²) < 4.78 is 10.6. The summed E-state index contributed by atoms with van der Waals surface area (Å²) >= 11 is 0. The van der Waals surface area contributed by atoms with Gasteiger partial charge in [-0.15, -0.1) is 0 Å². The maximum atomic E-state index is 12.3. The molecule has 1 amide bonds. The number of benzene rings is 1. The van der Waals surface area contributed by atoms with Gasteiger partial charge in [-0.25, -0.2) is 0 Å². The number of methoxy groups -OCH3 is 1. The van der Waals surface area contributed by atoms with Crippen molar-refractivity contribution in [3.63, 3.8) is 0 Å². The second-order valence-corrected chi connectivity index (χ2v) is 6.49. The van der Waals surface area contributed by atoms with Crippen LogP contribution < -0.4 is 15.4 Å². The molecule has 140 valence electrons. The molecule has 1 fully saturated rings. The number of aromatic nitrogens is 2. The third kappa shape index (κ3) is 4.39. The Kier molecular flexibility index (Phi) is 5.85. The molecule has 2 aromatic rings. The van der Waals surface area contributed by atoms with Crippen LogP contribution in [0.2, 0.25) is 0 Å². The van der Waals surface area contributed by atoms with Gasteiger partial charge in [-0.1, -0.05) is 17.3 Å². The zero-order valence-electron chi connectivity index (χ0n) is 15.4. The molecule has 0 bridgehead atoms. The van der Waals surface area contributed by atoms with Crippen LogP contribution >= 0.6 is 0 Å². The van der Waals surface area contributed by atoms with Crippen molar-refractivity contribution in [1.82, 2.24) is 25.7 Å². The third-order valence-electron chi connectivity index (χ3n) is 4.42. The molecule has 8 heteroatoms. The van der Waals surface area contributed by atoms with Gasteiger partial charge < -0.3 is 19.5 Å². The molecule has 2 unspecified atom stereocenters. The smallest absolute Gasteiger partial charge is 0.243 e. The lowest BCUT2D eigenvalue weighted by Gasteiger charge is -2.32. The molecule has 1 aromatic heterocycles. The van der Waals surface area contributed by atoms with Crippen LogP contribution in [0.4, 0.5) is 0 Å². The minimum absolute atomic E-state index is 0.0812. The van der Waals surface area contributed by atoms with Crippen molar-refractivity contribution in [2.45, 2.75) is 25.9 Å². The molecule has 1 saturated heterocycles. The van der Waals surface area contributed by atoms with E-state index >= 15 is 0 Å². The van der Waals surface area contributed by atoms with E-state index in [9.17, 15) is 4.79 Å². The first-order chi connectivity index (χ1) is 12.6. The predicted molar refractivity (Wildman–Crippen MR) is 96.7 cm³/mol. The third-order valence-corrected chi connectivity index (χ3v) is 4.42. The number of nitrogens with zero attached hydrogens (tertiary/aromatic N) is 3.